The third-order valence-electron chi connectivity index (χ3n) is 7.50. The van der Waals surface area contributed by atoms with Crippen LogP contribution in [0.4, 0.5) is 32.2 Å². The molecule has 0 radical (unpaired) electrons. The summed E-state index contributed by atoms with van der Waals surface area (Å²) in [4.78, 5) is 34.7. The lowest BCUT2D eigenvalue weighted by Gasteiger charge is -2.25. The summed E-state index contributed by atoms with van der Waals surface area (Å²) in [5, 5.41) is 0. The number of aryl methyl sites for hydroxylation is 1. The van der Waals surface area contributed by atoms with Crippen molar-refractivity contribution in [1.82, 2.24) is 14.8 Å². The molecule has 0 aliphatic carbocycles. The van der Waals surface area contributed by atoms with E-state index in [1.54, 1.807) is 24.1 Å². The van der Waals surface area contributed by atoms with E-state index in [0.717, 1.165) is 22.4 Å². The molecule has 1 unspecified atom stereocenters. The highest BCUT2D eigenvalue weighted by Crippen LogP contribution is 2.37. The lowest BCUT2D eigenvalue weighted by Crippen LogP contribution is -2.37. The van der Waals surface area contributed by atoms with Crippen molar-refractivity contribution in [2.24, 2.45) is 0 Å². The second-order valence-electron chi connectivity index (χ2n) is 10.5. The number of likely N-dealkylation sites (N-methyl/N-ethyl adjacent to an activating group) is 1. The summed E-state index contributed by atoms with van der Waals surface area (Å²) < 4.78 is 80.2. The first-order valence-corrected chi connectivity index (χ1v) is 13.1. The summed E-state index contributed by atoms with van der Waals surface area (Å²) in [5.41, 5.74) is -0.943. The number of carbonyl (C=O) groups excluding carboxylic acids is 2. The van der Waals surface area contributed by atoms with Gasteiger partial charge < -0.3 is 14.7 Å². The molecule has 2 heterocycles. The minimum atomic E-state index is -5.00. The van der Waals surface area contributed by atoms with Gasteiger partial charge in [-0.25, -0.2) is 4.98 Å². The number of rotatable bonds is 6. The van der Waals surface area contributed by atoms with Gasteiger partial charge in [-0.15, -0.1) is 0 Å². The summed E-state index contributed by atoms with van der Waals surface area (Å²) in [6.07, 6.45) is -7.88. The van der Waals surface area contributed by atoms with Crippen LogP contribution in [0.5, 0.6) is 0 Å². The lowest BCUT2D eigenvalue weighted by atomic mass is 9.96. The van der Waals surface area contributed by atoms with Crippen molar-refractivity contribution in [3.63, 3.8) is 0 Å². The second-order valence-corrected chi connectivity index (χ2v) is 10.5. The zero-order valence-electron chi connectivity index (χ0n) is 23.5. The number of carbonyl (C=O) groups is 2. The summed E-state index contributed by atoms with van der Waals surface area (Å²) in [7, 11) is 3.05. The van der Waals surface area contributed by atoms with Crippen molar-refractivity contribution in [1.29, 1.82) is 0 Å². The van der Waals surface area contributed by atoms with Gasteiger partial charge in [0.1, 0.15) is 5.82 Å². The number of aromatic nitrogens is 1. The highest BCUT2D eigenvalue weighted by atomic mass is 19.4. The topological polar surface area (TPSA) is 56.8 Å². The summed E-state index contributed by atoms with van der Waals surface area (Å²) >= 11 is 0. The van der Waals surface area contributed by atoms with Crippen LogP contribution in [0.3, 0.4) is 0 Å². The molecule has 0 spiro atoms. The highest BCUT2D eigenvalue weighted by Gasteiger charge is 2.37. The minimum absolute atomic E-state index is 0.00676. The molecule has 2 aromatic carbocycles. The van der Waals surface area contributed by atoms with Crippen molar-refractivity contribution in [3.05, 3.63) is 82.5 Å². The molecular weight excluding hydrogens is 562 g/mol. The summed E-state index contributed by atoms with van der Waals surface area (Å²) in [6.45, 7) is 4.04. The zero-order valence-corrected chi connectivity index (χ0v) is 23.5. The quantitative estimate of drug-likeness (QED) is 0.310. The molecule has 1 atom stereocenters. The van der Waals surface area contributed by atoms with Gasteiger partial charge in [-0.1, -0.05) is 24.3 Å². The van der Waals surface area contributed by atoms with Crippen LogP contribution in [-0.2, 0) is 23.7 Å². The van der Waals surface area contributed by atoms with Gasteiger partial charge in [0, 0.05) is 46.9 Å². The normalized spacial score (nSPS) is 15.6. The molecule has 0 saturated carbocycles. The van der Waals surface area contributed by atoms with Gasteiger partial charge in [0.25, 0.3) is 5.91 Å². The summed E-state index contributed by atoms with van der Waals surface area (Å²) in [6, 6.07) is 10.4. The van der Waals surface area contributed by atoms with E-state index in [-0.39, 0.29) is 29.1 Å². The van der Waals surface area contributed by atoms with Gasteiger partial charge in [-0.05, 0) is 59.9 Å². The number of nitrogens with zero attached hydrogens (tertiary/aromatic N) is 4. The van der Waals surface area contributed by atoms with Gasteiger partial charge in [0.2, 0.25) is 5.91 Å². The van der Waals surface area contributed by atoms with Crippen LogP contribution in [0.1, 0.15) is 46.0 Å². The van der Waals surface area contributed by atoms with Gasteiger partial charge in [0.05, 0.1) is 22.7 Å². The average Bonchev–Trinajstić information content (AvgIpc) is 3.41. The Balaban J connectivity index is 1.69. The number of anilines is 1. The molecular formula is C30H30F6N4O2. The molecule has 0 bridgehead atoms. The molecule has 3 aromatic rings. The van der Waals surface area contributed by atoms with Crippen LogP contribution in [0.15, 0.2) is 54.7 Å². The number of amides is 2. The van der Waals surface area contributed by atoms with Gasteiger partial charge >= 0.3 is 12.4 Å². The number of halogens is 6. The largest absolute Gasteiger partial charge is 0.416 e. The smallest absolute Gasteiger partial charge is 0.354 e. The fraction of sp³-hybridized carbons (Fsp3) is 0.367. The predicted molar refractivity (Wildman–Crippen MR) is 146 cm³/mol. The van der Waals surface area contributed by atoms with Crippen LogP contribution in [-0.4, -0.2) is 59.8 Å². The Kier molecular flexibility index (Phi) is 8.56. The number of hydrogen-bond donors (Lipinski definition) is 0. The van der Waals surface area contributed by atoms with Crippen molar-refractivity contribution in [3.8, 4) is 11.1 Å². The zero-order chi connectivity index (χ0) is 31.0. The van der Waals surface area contributed by atoms with Crippen LogP contribution in [0.25, 0.3) is 11.1 Å². The fourth-order valence-corrected chi connectivity index (χ4v) is 5.07. The van der Waals surface area contributed by atoms with E-state index in [1.807, 2.05) is 30.0 Å². The molecule has 42 heavy (non-hydrogen) atoms. The van der Waals surface area contributed by atoms with E-state index in [1.165, 1.54) is 20.2 Å². The molecule has 224 valence electrons. The molecule has 4 rings (SSSR count). The lowest BCUT2D eigenvalue weighted by molar-refractivity contribution is -0.143. The van der Waals surface area contributed by atoms with Crippen molar-refractivity contribution < 1.29 is 35.9 Å². The SMILES string of the molecule is CC(=O)N(C)C1CCN(c2cc(-c3ccccc3C)c(C(=O)N(C)Cc3cc(C(F)(F)F)cc(C(F)(F)F)c3)cn2)C1. The Bertz CT molecular complexity index is 1460. The molecule has 1 saturated heterocycles. The second kappa shape index (κ2) is 11.7. The third kappa shape index (κ3) is 6.69. The van der Waals surface area contributed by atoms with E-state index in [9.17, 15) is 35.9 Å². The van der Waals surface area contributed by atoms with E-state index in [4.69, 9.17) is 0 Å². The van der Waals surface area contributed by atoms with Crippen LogP contribution in [0, 0.1) is 6.92 Å². The van der Waals surface area contributed by atoms with E-state index >= 15 is 0 Å². The number of benzene rings is 2. The standard InChI is InChI=1S/C30H30F6N4O2/c1-18-7-5-6-8-24(18)25-14-27(40-10-9-23(17-40)39(4)19(2)41)37-15-26(25)28(42)38(3)16-20-11-21(29(31,32)33)13-22(12-20)30(34,35)36/h5-8,11-15,23H,9-10,16-17H2,1-4H3. The van der Waals surface area contributed by atoms with Crippen LogP contribution in [0.2, 0.25) is 0 Å². The molecule has 6 nitrogen and oxygen atoms in total. The maximum atomic E-state index is 13.7. The highest BCUT2D eigenvalue weighted by molar-refractivity contribution is 6.01. The predicted octanol–water partition coefficient (Wildman–Crippen LogP) is 6.42. The van der Waals surface area contributed by atoms with Gasteiger partial charge in [-0.3, -0.25) is 9.59 Å². The Morgan fingerprint density at radius 1 is 0.952 bits per heavy atom. The van der Waals surface area contributed by atoms with Crippen LogP contribution < -0.4 is 4.90 Å². The van der Waals surface area contributed by atoms with Crippen molar-refractivity contribution in [2.75, 3.05) is 32.1 Å². The minimum Gasteiger partial charge on any atom is -0.354 e. The Labute approximate surface area is 239 Å². The van der Waals surface area contributed by atoms with E-state index < -0.39 is 35.9 Å². The monoisotopic (exact) mass is 592 g/mol. The molecule has 2 amide bonds. The molecule has 1 aromatic heterocycles. The van der Waals surface area contributed by atoms with Gasteiger partial charge in [0.15, 0.2) is 0 Å². The maximum absolute atomic E-state index is 13.7. The first kappa shape index (κ1) is 30.9. The Hall–Kier alpha value is -4.09. The summed E-state index contributed by atoms with van der Waals surface area (Å²) in [5.74, 6) is -0.0870. The Morgan fingerprint density at radius 3 is 2.14 bits per heavy atom. The molecule has 0 N–H and O–H groups in total. The first-order chi connectivity index (χ1) is 19.6. The molecule has 1 aliphatic heterocycles. The number of hydrogen-bond acceptors (Lipinski definition) is 4. The average molecular weight is 593 g/mol. The van der Waals surface area contributed by atoms with Crippen molar-refractivity contribution >= 4 is 17.6 Å². The van der Waals surface area contributed by atoms with E-state index in [2.05, 4.69) is 4.98 Å². The van der Waals surface area contributed by atoms with Crippen molar-refractivity contribution in [2.45, 2.75) is 45.2 Å². The van der Waals surface area contributed by atoms with E-state index in [0.29, 0.717) is 36.6 Å². The molecule has 1 fully saturated rings. The fourth-order valence-electron chi connectivity index (χ4n) is 5.07. The Morgan fingerprint density at radius 2 is 1.57 bits per heavy atom. The van der Waals surface area contributed by atoms with Crippen LogP contribution >= 0.6 is 0 Å². The number of pyridine rings is 1. The third-order valence-corrected chi connectivity index (χ3v) is 7.50. The number of alkyl halides is 6. The van der Waals surface area contributed by atoms with Gasteiger partial charge in [-0.2, -0.15) is 26.3 Å². The molecule has 12 heteroatoms. The maximum Gasteiger partial charge on any atom is 0.416 e. The first-order valence-electron chi connectivity index (χ1n) is 13.1. The molecule has 1 aliphatic rings.